The smallest absolute Gasteiger partial charge is 0.126 e. The van der Waals surface area contributed by atoms with Gasteiger partial charge >= 0.3 is 0 Å². The van der Waals surface area contributed by atoms with Crippen LogP contribution in [-0.2, 0) is 11.3 Å². The molecular formula is C16H22N2O2. The Balaban J connectivity index is 1.86. The largest absolute Gasteiger partial charge is 0.491 e. The molecular weight excluding hydrogens is 252 g/mol. The summed E-state index contributed by atoms with van der Waals surface area (Å²) in [6.07, 6.45) is 4.61. The number of H-pyrrole nitrogens is 1. The van der Waals surface area contributed by atoms with Gasteiger partial charge in [-0.1, -0.05) is 0 Å². The minimum atomic E-state index is 0.593. The third-order valence-corrected chi connectivity index (χ3v) is 3.92. The number of likely N-dealkylation sites (tertiary alicyclic amines) is 1. The van der Waals surface area contributed by atoms with Crippen molar-refractivity contribution in [2.75, 3.05) is 33.4 Å². The molecule has 4 heteroatoms. The van der Waals surface area contributed by atoms with Crippen molar-refractivity contribution in [1.82, 2.24) is 9.88 Å². The molecule has 0 atom stereocenters. The van der Waals surface area contributed by atoms with Crippen molar-refractivity contribution in [3.63, 3.8) is 0 Å². The molecule has 0 radical (unpaired) electrons. The lowest BCUT2D eigenvalue weighted by Gasteiger charge is -2.18. The number of fused-ring (bicyclic) bond motifs is 1. The van der Waals surface area contributed by atoms with Gasteiger partial charge in [0.05, 0.1) is 12.1 Å². The van der Waals surface area contributed by atoms with Gasteiger partial charge in [0.15, 0.2) is 0 Å². The van der Waals surface area contributed by atoms with E-state index in [0.717, 1.165) is 12.3 Å². The maximum atomic E-state index is 5.89. The van der Waals surface area contributed by atoms with E-state index in [9.17, 15) is 0 Å². The topological polar surface area (TPSA) is 37.5 Å². The van der Waals surface area contributed by atoms with Gasteiger partial charge in [0.1, 0.15) is 12.4 Å². The predicted octanol–water partition coefficient (Wildman–Crippen LogP) is 2.79. The molecule has 1 aromatic heterocycles. The number of methoxy groups -OCH3 is 1. The molecule has 4 nitrogen and oxygen atoms in total. The highest BCUT2D eigenvalue weighted by molar-refractivity contribution is 5.84. The molecule has 2 heterocycles. The molecule has 0 bridgehead atoms. The van der Waals surface area contributed by atoms with E-state index in [1.54, 1.807) is 7.11 Å². The third-order valence-electron chi connectivity index (χ3n) is 3.92. The molecule has 0 aliphatic carbocycles. The fourth-order valence-electron chi connectivity index (χ4n) is 2.86. The van der Waals surface area contributed by atoms with Crippen molar-refractivity contribution >= 4 is 10.9 Å². The van der Waals surface area contributed by atoms with Crippen molar-refractivity contribution in [2.24, 2.45) is 0 Å². The van der Waals surface area contributed by atoms with Gasteiger partial charge in [-0.25, -0.2) is 0 Å². The fourth-order valence-corrected chi connectivity index (χ4v) is 2.86. The Morgan fingerprint density at radius 1 is 1.15 bits per heavy atom. The molecule has 1 aliphatic rings. The second-order valence-electron chi connectivity index (χ2n) is 5.31. The monoisotopic (exact) mass is 274 g/mol. The van der Waals surface area contributed by atoms with Gasteiger partial charge in [-0.05, 0) is 49.5 Å². The summed E-state index contributed by atoms with van der Waals surface area (Å²) in [5, 5.41) is 1.25. The zero-order valence-corrected chi connectivity index (χ0v) is 12.0. The molecule has 20 heavy (non-hydrogen) atoms. The number of nitrogens with one attached hydrogen (secondary N) is 1. The van der Waals surface area contributed by atoms with Crippen LogP contribution in [0.3, 0.4) is 0 Å². The lowest BCUT2D eigenvalue weighted by molar-refractivity contribution is 0.145. The SMILES string of the molecule is COCCOc1ccc2cc[nH]c2c1CN1CCCC1. The molecule has 1 aliphatic heterocycles. The van der Waals surface area contributed by atoms with Crippen LogP contribution in [0.1, 0.15) is 18.4 Å². The lowest BCUT2D eigenvalue weighted by atomic mass is 10.1. The summed E-state index contributed by atoms with van der Waals surface area (Å²) in [6.45, 7) is 4.55. The molecule has 1 fully saturated rings. The van der Waals surface area contributed by atoms with Crippen molar-refractivity contribution in [3.8, 4) is 5.75 Å². The average molecular weight is 274 g/mol. The Labute approximate surface area is 119 Å². The number of rotatable bonds is 6. The summed E-state index contributed by atoms with van der Waals surface area (Å²) in [5.74, 6) is 0.976. The first-order chi connectivity index (χ1) is 9.88. The van der Waals surface area contributed by atoms with Gasteiger partial charge in [0.2, 0.25) is 0 Å². The number of hydrogen-bond donors (Lipinski definition) is 1. The van der Waals surface area contributed by atoms with Gasteiger partial charge < -0.3 is 14.5 Å². The van der Waals surface area contributed by atoms with Crippen LogP contribution in [0.5, 0.6) is 5.75 Å². The zero-order chi connectivity index (χ0) is 13.8. The number of aromatic amines is 1. The minimum Gasteiger partial charge on any atom is -0.491 e. The highest BCUT2D eigenvalue weighted by Gasteiger charge is 2.17. The molecule has 0 amide bonds. The molecule has 1 N–H and O–H groups in total. The molecule has 3 rings (SSSR count). The number of aromatic nitrogens is 1. The van der Waals surface area contributed by atoms with E-state index in [1.807, 2.05) is 6.20 Å². The van der Waals surface area contributed by atoms with Gasteiger partial charge in [0.25, 0.3) is 0 Å². The van der Waals surface area contributed by atoms with Crippen molar-refractivity contribution in [2.45, 2.75) is 19.4 Å². The van der Waals surface area contributed by atoms with Crippen LogP contribution >= 0.6 is 0 Å². The van der Waals surface area contributed by atoms with Gasteiger partial charge in [-0.2, -0.15) is 0 Å². The standard InChI is InChI=1S/C16H22N2O2/c1-19-10-11-20-15-5-4-13-6-7-17-16(13)14(15)12-18-8-2-3-9-18/h4-7,17H,2-3,8-12H2,1H3. The van der Waals surface area contributed by atoms with Crippen molar-refractivity contribution < 1.29 is 9.47 Å². The second-order valence-corrected chi connectivity index (χ2v) is 5.31. The summed E-state index contributed by atoms with van der Waals surface area (Å²) in [7, 11) is 1.70. The minimum absolute atomic E-state index is 0.593. The van der Waals surface area contributed by atoms with Gasteiger partial charge in [-0.15, -0.1) is 0 Å². The highest BCUT2D eigenvalue weighted by Crippen LogP contribution is 2.29. The molecule has 0 saturated carbocycles. The predicted molar refractivity (Wildman–Crippen MR) is 80.2 cm³/mol. The van der Waals surface area contributed by atoms with Crippen LogP contribution in [0.2, 0.25) is 0 Å². The molecule has 108 valence electrons. The second kappa shape index (κ2) is 6.29. The van der Waals surface area contributed by atoms with E-state index < -0.39 is 0 Å². The Hall–Kier alpha value is -1.52. The normalized spacial score (nSPS) is 16.1. The first kappa shape index (κ1) is 13.5. The molecule has 1 saturated heterocycles. The van der Waals surface area contributed by atoms with Crippen LogP contribution in [0.4, 0.5) is 0 Å². The lowest BCUT2D eigenvalue weighted by Crippen LogP contribution is -2.19. The van der Waals surface area contributed by atoms with Gasteiger partial charge in [0, 0.05) is 25.4 Å². The molecule has 1 aromatic carbocycles. The van der Waals surface area contributed by atoms with E-state index in [0.29, 0.717) is 13.2 Å². The van der Waals surface area contributed by atoms with Crippen LogP contribution < -0.4 is 4.74 Å². The van der Waals surface area contributed by atoms with E-state index in [1.165, 1.54) is 42.4 Å². The molecule has 2 aromatic rings. The van der Waals surface area contributed by atoms with Crippen LogP contribution in [0, 0.1) is 0 Å². The van der Waals surface area contributed by atoms with E-state index in [4.69, 9.17) is 9.47 Å². The zero-order valence-electron chi connectivity index (χ0n) is 12.0. The summed E-state index contributed by atoms with van der Waals surface area (Å²) < 4.78 is 11.0. The fraction of sp³-hybridized carbons (Fsp3) is 0.500. The number of benzene rings is 1. The Kier molecular flexibility index (Phi) is 4.23. The average Bonchev–Trinajstić information content (AvgIpc) is 3.11. The third kappa shape index (κ3) is 2.81. The summed E-state index contributed by atoms with van der Waals surface area (Å²) in [5.41, 5.74) is 2.47. The summed E-state index contributed by atoms with van der Waals surface area (Å²) in [6, 6.07) is 6.31. The molecule has 0 unspecified atom stereocenters. The Morgan fingerprint density at radius 2 is 2.00 bits per heavy atom. The van der Waals surface area contributed by atoms with Crippen molar-refractivity contribution in [1.29, 1.82) is 0 Å². The van der Waals surface area contributed by atoms with E-state index >= 15 is 0 Å². The first-order valence-corrected chi connectivity index (χ1v) is 7.31. The van der Waals surface area contributed by atoms with E-state index in [2.05, 4.69) is 28.1 Å². The quantitative estimate of drug-likeness (QED) is 0.823. The van der Waals surface area contributed by atoms with Gasteiger partial charge in [-0.3, -0.25) is 4.90 Å². The summed E-state index contributed by atoms with van der Waals surface area (Å²) >= 11 is 0. The van der Waals surface area contributed by atoms with Crippen LogP contribution in [0.15, 0.2) is 24.4 Å². The first-order valence-electron chi connectivity index (χ1n) is 7.31. The highest BCUT2D eigenvalue weighted by atomic mass is 16.5. The molecule has 0 spiro atoms. The van der Waals surface area contributed by atoms with E-state index in [-0.39, 0.29) is 0 Å². The number of ether oxygens (including phenoxy) is 2. The Morgan fingerprint density at radius 3 is 2.80 bits per heavy atom. The number of nitrogens with zero attached hydrogens (tertiary/aromatic N) is 1. The number of hydrogen-bond acceptors (Lipinski definition) is 3. The van der Waals surface area contributed by atoms with Crippen LogP contribution in [-0.4, -0.2) is 43.3 Å². The van der Waals surface area contributed by atoms with Crippen molar-refractivity contribution in [3.05, 3.63) is 30.0 Å². The van der Waals surface area contributed by atoms with Crippen LogP contribution in [0.25, 0.3) is 10.9 Å². The maximum absolute atomic E-state index is 5.89. The maximum Gasteiger partial charge on any atom is 0.126 e. The Bertz CT molecular complexity index is 559. The summed E-state index contributed by atoms with van der Waals surface area (Å²) in [4.78, 5) is 5.85.